The van der Waals surface area contributed by atoms with E-state index in [0.717, 1.165) is 22.7 Å². The minimum absolute atomic E-state index is 0.0166. The van der Waals surface area contributed by atoms with Crippen LogP contribution in [0.15, 0.2) is 21.6 Å². The van der Waals surface area contributed by atoms with E-state index in [0.29, 0.717) is 23.2 Å². The zero-order valence-corrected chi connectivity index (χ0v) is 18.5. The summed E-state index contributed by atoms with van der Waals surface area (Å²) in [6.45, 7) is 7.44. The Kier molecular flexibility index (Phi) is 5.82. The van der Waals surface area contributed by atoms with Gasteiger partial charge in [0, 0.05) is 25.6 Å². The molecule has 2 aromatic rings. The average molecular weight is 421 g/mol. The molecule has 1 aromatic carbocycles. The molecule has 29 heavy (non-hydrogen) atoms. The summed E-state index contributed by atoms with van der Waals surface area (Å²) in [4.78, 5) is 17.6. The molecule has 9 heteroatoms. The van der Waals surface area contributed by atoms with Crippen LogP contribution in [0.5, 0.6) is 0 Å². The Morgan fingerprint density at radius 1 is 1.24 bits per heavy atom. The molecule has 8 nitrogen and oxygen atoms in total. The van der Waals surface area contributed by atoms with Crippen molar-refractivity contribution < 1.29 is 17.7 Å². The Hall–Kier alpha value is -2.26. The number of amides is 1. The summed E-state index contributed by atoms with van der Waals surface area (Å²) >= 11 is 0. The van der Waals surface area contributed by atoms with Crippen LogP contribution in [0, 0.1) is 19.8 Å². The number of carbonyl (C=O) groups is 1. The molecule has 1 heterocycles. The van der Waals surface area contributed by atoms with E-state index in [2.05, 4.69) is 15.5 Å². The predicted molar refractivity (Wildman–Crippen MR) is 108 cm³/mol. The monoisotopic (exact) mass is 420 g/mol. The van der Waals surface area contributed by atoms with Gasteiger partial charge in [0.1, 0.15) is 6.04 Å². The van der Waals surface area contributed by atoms with E-state index < -0.39 is 16.1 Å². The Morgan fingerprint density at radius 2 is 1.90 bits per heavy atom. The summed E-state index contributed by atoms with van der Waals surface area (Å²) in [5.41, 5.74) is 1.63. The number of aromatic nitrogens is 2. The predicted octanol–water partition coefficient (Wildman–Crippen LogP) is 2.94. The van der Waals surface area contributed by atoms with Gasteiger partial charge in [-0.3, -0.25) is 4.79 Å². The van der Waals surface area contributed by atoms with Gasteiger partial charge < -0.3 is 9.84 Å². The van der Waals surface area contributed by atoms with E-state index >= 15 is 0 Å². The molecule has 0 radical (unpaired) electrons. The van der Waals surface area contributed by atoms with Crippen LogP contribution in [0.25, 0.3) is 0 Å². The minimum Gasteiger partial charge on any atom is -0.340 e. The number of nitrogens with one attached hydrogen (secondary N) is 1. The molecule has 0 spiro atoms. The SMILES string of the molecule is Cc1cc(C(=O)NC(c2nc(C3CC3)no2)C(C)C)cc(S(=O)(=O)N(C)C)c1C. The van der Waals surface area contributed by atoms with Gasteiger partial charge in [-0.25, -0.2) is 12.7 Å². The number of aryl methyl sites for hydroxylation is 1. The highest BCUT2D eigenvalue weighted by atomic mass is 32.2. The number of carbonyl (C=O) groups excluding carboxylic acids is 1. The van der Waals surface area contributed by atoms with Crippen LogP contribution in [0.4, 0.5) is 0 Å². The van der Waals surface area contributed by atoms with Crippen LogP contribution >= 0.6 is 0 Å². The molecule has 0 aliphatic heterocycles. The standard InChI is InChI=1S/C20H28N4O4S/c1-11(2)17(20-22-18(23-28-20)14-7-8-14)21-19(25)15-9-12(3)13(4)16(10-15)29(26,27)24(5)6/h9-11,14,17H,7-8H2,1-6H3,(H,21,25). The van der Waals surface area contributed by atoms with Gasteiger partial charge >= 0.3 is 0 Å². The molecule has 1 N–H and O–H groups in total. The van der Waals surface area contributed by atoms with Crippen LogP contribution in [-0.4, -0.2) is 42.9 Å². The van der Waals surface area contributed by atoms with Crippen molar-refractivity contribution in [2.24, 2.45) is 5.92 Å². The van der Waals surface area contributed by atoms with Crippen molar-refractivity contribution in [3.63, 3.8) is 0 Å². The average Bonchev–Trinajstić information content (AvgIpc) is 3.38. The molecule has 1 fully saturated rings. The number of sulfonamides is 1. The van der Waals surface area contributed by atoms with Crippen LogP contribution < -0.4 is 5.32 Å². The molecule has 1 aliphatic carbocycles. The number of hydrogen-bond acceptors (Lipinski definition) is 6. The van der Waals surface area contributed by atoms with E-state index in [1.807, 2.05) is 13.8 Å². The summed E-state index contributed by atoms with van der Waals surface area (Å²) in [7, 11) is -0.728. The first-order valence-corrected chi connectivity index (χ1v) is 11.1. The highest BCUT2D eigenvalue weighted by molar-refractivity contribution is 7.89. The number of rotatable bonds is 7. The van der Waals surface area contributed by atoms with Crippen LogP contribution in [0.1, 0.15) is 71.8 Å². The molecular weight excluding hydrogens is 392 g/mol. The van der Waals surface area contributed by atoms with Crippen molar-refractivity contribution in [3.05, 3.63) is 40.5 Å². The molecule has 0 saturated heterocycles. The van der Waals surface area contributed by atoms with Crippen LogP contribution in [0.2, 0.25) is 0 Å². The summed E-state index contributed by atoms with van der Waals surface area (Å²) in [5, 5.41) is 6.96. The molecule has 158 valence electrons. The first-order valence-electron chi connectivity index (χ1n) is 9.70. The fourth-order valence-corrected chi connectivity index (χ4v) is 4.26. The molecule has 1 aliphatic rings. The summed E-state index contributed by atoms with van der Waals surface area (Å²) in [5.74, 6) is 1.05. The molecular formula is C20H28N4O4S. The molecule has 1 saturated carbocycles. The second-order valence-electron chi connectivity index (χ2n) is 8.16. The molecule has 1 aromatic heterocycles. The second kappa shape index (κ2) is 7.87. The highest BCUT2D eigenvalue weighted by Crippen LogP contribution is 2.38. The van der Waals surface area contributed by atoms with Gasteiger partial charge in [0.15, 0.2) is 5.82 Å². The lowest BCUT2D eigenvalue weighted by molar-refractivity contribution is 0.0913. The maximum absolute atomic E-state index is 13.0. The third kappa shape index (κ3) is 4.35. The Bertz CT molecular complexity index is 1020. The van der Waals surface area contributed by atoms with Crippen molar-refractivity contribution in [3.8, 4) is 0 Å². The first-order chi connectivity index (χ1) is 13.5. The van der Waals surface area contributed by atoms with Crippen molar-refractivity contribution in [1.82, 2.24) is 19.8 Å². The van der Waals surface area contributed by atoms with E-state index in [9.17, 15) is 13.2 Å². The van der Waals surface area contributed by atoms with Gasteiger partial charge in [0.25, 0.3) is 5.91 Å². The zero-order valence-electron chi connectivity index (χ0n) is 17.7. The molecule has 1 unspecified atom stereocenters. The summed E-state index contributed by atoms with van der Waals surface area (Å²) in [6, 6.07) is 2.66. The highest BCUT2D eigenvalue weighted by Gasteiger charge is 2.32. The molecule has 1 atom stereocenters. The third-order valence-corrected chi connectivity index (χ3v) is 7.20. The smallest absolute Gasteiger partial charge is 0.251 e. The third-order valence-electron chi connectivity index (χ3n) is 5.26. The molecule has 3 rings (SSSR count). The largest absolute Gasteiger partial charge is 0.340 e. The number of benzene rings is 1. The van der Waals surface area contributed by atoms with Crippen molar-refractivity contribution in [2.45, 2.75) is 57.4 Å². The Morgan fingerprint density at radius 3 is 2.45 bits per heavy atom. The van der Waals surface area contributed by atoms with Crippen LogP contribution in [-0.2, 0) is 10.0 Å². The van der Waals surface area contributed by atoms with Crippen LogP contribution in [0.3, 0.4) is 0 Å². The van der Waals surface area contributed by atoms with Gasteiger partial charge in [-0.2, -0.15) is 4.98 Å². The van der Waals surface area contributed by atoms with Crippen molar-refractivity contribution >= 4 is 15.9 Å². The van der Waals surface area contributed by atoms with Crippen molar-refractivity contribution in [2.75, 3.05) is 14.1 Å². The topological polar surface area (TPSA) is 105 Å². The molecule has 1 amide bonds. The van der Waals surface area contributed by atoms with Gasteiger partial charge in [0.05, 0.1) is 4.90 Å². The second-order valence-corrected chi connectivity index (χ2v) is 10.3. The van der Waals surface area contributed by atoms with Gasteiger partial charge in [-0.15, -0.1) is 0 Å². The Balaban J connectivity index is 1.91. The van der Waals surface area contributed by atoms with Gasteiger partial charge in [-0.05, 0) is 55.9 Å². The summed E-state index contributed by atoms with van der Waals surface area (Å²) < 4.78 is 31.9. The molecule has 0 bridgehead atoms. The van der Waals surface area contributed by atoms with E-state index in [1.165, 1.54) is 20.2 Å². The lowest BCUT2D eigenvalue weighted by Crippen LogP contribution is -2.32. The quantitative estimate of drug-likeness (QED) is 0.738. The lowest BCUT2D eigenvalue weighted by Gasteiger charge is -2.20. The van der Waals surface area contributed by atoms with E-state index in [-0.39, 0.29) is 22.3 Å². The zero-order chi connectivity index (χ0) is 21.5. The van der Waals surface area contributed by atoms with Gasteiger partial charge in [0.2, 0.25) is 15.9 Å². The summed E-state index contributed by atoms with van der Waals surface area (Å²) in [6.07, 6.45) is 2.12. The Labute approximate surface area is 171 Å². The van der Waals surface area contributed by atoms with Gasteiger partial charge in [-0.1, -0.05) is 19.0 Å². The first kappa shape index (κ1) is 21.4. The minimum atomic E-state index is -3.67. The normalized spacial score (nSPS) is 15.7. The van der Waals surface area contributed by atoms with Crippen molar-refractivity contribution in [1.29, 1.82) is 0 Å². The maximum Gasteiger partial charge on any atom is 0.251 e. The van der Waals surface area contributed by atoms with E-state index in [4.69, 9.17) is 4.52 Å². The fraction of sp³-hybridized carbons (Fsp3) is 0.550. The lowest BCUT2D eigenvalue weighted by atomic mass is 10.0. The number of nitrogens with zero attached hydrogens (tertiary/aromatic N) is 3. The number of hydrogen-bond donors (Lipinski definition) is 1. The maximum atomic E-state index is 13.0. The van der Waals surface area contributed by atoms with E-state index in [1.54, 1.807) is 19.9 Å². The fourth-order valence-electron chi connectivity index (χ4n) is 3.04.